The fourth-order valence-electron chi connectivity index (χ4n) is 1.80. The average Bonchev–Trinajstić information content (AvgIpc) is 2.46. The molecule has 0 unspecified atom stereocenters. The number of nitrogens with zero attached hydrogens (tertiary/aromatic N) is 1. The molecule has 20 heavy (non-hydrogen) atoms. The molecular formula is C15H23ClN2OS. The minimum absolute atomic E-state index is 0.108. The van der Waals surface area contributed by atoms with Gasteiger partial charge in [-0.25, -0.2) is 0 Å². The lowest BCUT2D eigenvalue weighted by molar-refractivity contribution is -0.120. The zero-order valence-corrected chi connectivity index (χ0v) is 13.8. The molecule has 1 aromatic rings. The Kier molecular flexibility index (Phi) is 8.74. The number of hydrogen-bond acceptors (Lipinski definition) is 3. The van der Waals surface area contributed by atoms with Crippen molar-refractivity contribution in [3.05, 3.63) is 29.3 Å². The first-order valence-electron chi connectivity index (χ1n) is 7.03. The van der Waals surface area contributed by atoms with Gasteiger partial charge in [0.05, 0.1) is 5.02 Å². The van der Waals surface area contributed by atoms with Gasteiger partial charge in [-0.05, 0) is 25.2 Å². The van der Waals surface area contributed by atoms with Gasteiger partial charge >= 0.3 is 0 Å². The largest absolute Gasteiger partial charge is 0.355 e. The quantitative estimate of drug-likeness (QED) is 0.710. The third-order valence-corrected chi connectivity index (χ3v) is 4.58. The van der Waals surface area contributed by atoms with Gasteiger partial charge in [-0.1, -0.05) is 37.6 Å². The number of thioether (sulfide) groups is 1. The van der Waals surface area contributed by atoms with Gasteiger partial charge in [-0.15, -0.1) is 11.8 Å². The second kappa shape index (κ2) is 10.1. The van der Waals surface area contributed by atoms with Gasteiger partial charge in [0.1, 0.15) is 0 Å². The molecule has 1 amide bonds. The van der Waals surface area contributed by atoms with Gasteiger partial charge in [-0.3, -0.25) is 4.79 Å². The van der Waals surface area contributed by atoms with Crippen LogP contribution in [0.1, 0.15) is 20.3 Å². The van der Waals surface area contributed by atoms with Gasteiger partial charge in [-0.2, -0.15) is 0 Å². The average molecular weight is 315 g/mol. The molecule has 0 heterocycles. The van der Waals surface area contributed by atoms with Gasteiger partial charge in [0, 0.05) is 30.2 Å². The zero-order valence-electron chi connectivity index (χ0n) is 12.2. The van der Waals surface area contributed by atoms with E-state index in [0.717, 1.165) is 41.8 Å². The van der Waals surface area contributed by atoms with Crippen LogP contribution in [0.4, 0.5) is 0 Å². The van der Waals surface area contributed by atoms with Crippen LogP contribution >= 0.6 is 23.4 Å². The fraction of sp³-hybridized carbons (Fsp3) is 0.533. The molecule has 0 aliphatic heterocycles. The Labute approximate surface area is 131 Å². The molecule has 0 radical (unpaired) electrons. The summed E-state index contributed by atoms with van der Waals surface area (Å²) in [5.74, 6) is 0.859. The van der Waals surface area contributed by atoms with E-state index < -0.39 is 0 Å². The molecular weight excluding hydrogens is 292 g/mol. The minimum Gasteiger partial charge on any atom is -0.355 e. The van der Waals surface area contributed by atoms with Gasteiger partial charge in [0.2, 0.25) is 5.91 Å². The molecule has 1 rings (SSSR count). The summed E-state index contributed by atoms with van der Waals surface area (Å²) in [6, 6.07) is 7.71. The van der Waals surface area contributed by atoms with Crippen LogP contribution in [-0.2, 0) is 4.79 Å². The van der Waals surface area contributed by atoms with E-state index in [-0.39, 0.29) is 5.91 Å². The highest BCUT2D eigenvalue weighted by Gasteiger charge is 2.04. The number of nitrogens with one attached hydrogen (secondary N) is 1. The summed E-state index contributed by atoms with van der Waals surface area (Å²) in [6.07, 6.45) is 0.522. The van der Waals surface area contributed by atoms with Gasteiger partial charge in [0.25, 0.3) is 0 Å². The number of hydrogen-bond donors (Lipinski definition) is 1. The van der Waals surface area contributed by atoms with E-state index in [2.05, 4.69) is 24.1 Å². The molecule has 0 bridgehead atoms. The smallest absolute Gasteiger partial charge is 0.220 e. The molecule has 1 N–H and O–H groups in total. The van der Waals surface area contributed by atoms with Crippen molar-refractivity contribution in [3.63, 3.8) is 0 Å². The normalized spacial score (nSPS) is 10.8. The summed E-state index contributed by atoms with van der Waals surface area (Å²) in [7, 11) is 0. The van der Waals surface area contributed by atoms with E-state index in [1.54, 1.807) is 11.8 Å². The summed E-state index contributed by atoms with van der Waals surface area (Å²) in [5.41, 5.74) is 0. The third kappa shape index (κ3) is 6.64. The van der Waals surface area contributed by atoms with Crippen LogP contribution < -0.4 is 5.32 Å². The van der Waals surface area contributed by atoms with Crippen LogP contribution in [0.5, 0.6) is 0 Å². The number of carbonyl (C=O) groups is 1. The fourth-order valence-corrected chi connectivity index (χ4v) is 2.98. The van der Waals surface area contributed by atoms with Crippen molar-refractivity contribution in [2.45, 2.75) is 25.2 Å². The van der Waals surface area contributed by atoms with E-state index in [9.17, 15) is 4.79 Å². The highest BCUT2D eigenvalue weighted by atomic mass is 35.5. The maximum Gasteiger partial charge on any atom is 0.220 e. The number of amides is 1. The van der Waals surface area contributed by atoms with Crippen LogP contribution in [0.3, 0.4) is 0 Å². The molecule has 1 aromatic carbocycles. The Balaban J connectivity index is 2.16. The van der Waals surface area contributed by atoms with Crippen molar-refractivity contribution in [1.82, 2.24) is 10.2 Å². The minimum atomic E-state index is 0.108. The summed E-state index contributed by atoms with van der Waals surface area (Å²) in [6.45, 7) is 7.94. The Bertz CT molecular complexity index is 411. The molecule has 0 saturated heterocycles. The number of carbonyl (C=O) groups excluding carboxylic acids is 1. The Morgan fingerprint density at radius 2 is 2.00 bits per heavy atom. The lowest BCUT2D eigenvalue weighted by atomic mass is 10.4. The number of likely N-dealkylation sites (N-methyl/N-ethyl adjacent to an activating group) is 1. The molecule has 0 aliphatic rings. The third-order valence-electron chi connectivity index (χ3n) is 3.07. The maximum atomic E-state index is 11.7. The predicted molar refractivity (Wildman–Crippen MR) is 87.6 cm³/mol. The maximum absolute atomic E-state index is 11.7. The monoisotopic (exact) mass is 314 g/mol. The highest BCUT2D eigenvalue weighted by Crippen LogP contribution is 2.26. The van der Waals surface area contributed by atoms with Crippen LogP contribution in [0.2, 0.25) is 5.02 Å². The number of benzene rings is 1. The standard InChI is InChI=1S/C15H23ClN2OS/c1-3-18(4-2)11-10-17-15(19)9-12-20-14-8-6-5-7-13(14)16/h5-8H,3-4,9-12H2,1-2H3,(H,17,19). The molecule has 112 valence electrons. The molecule has 3 nitrogen and oxygen atoms in total. The van der Waals surface area contributed by atoms with Crippen molar-refractivity contribution in [3.8, 4) is 0 Å². The van der Waals surface area contributed by atoms with Gasteiger partial charge in [0.15, 0.2) is 0 Å². The first kappa shape index (κ1) is 17.3. The summed E-state index contributed by atoms with van der Waals surface area (Å²) >= 11 is 7.68. The van der Waals surface area contributed by atoms with Crippen molar-refractivity contribution in [1.29, 1.82) is 0 Å². The predicted octanol–water partition coefficient (Wildman–Crippen LogP) is 3.28. The second-order valence-corrected chi connectivity index (χ2v) is 5.95. The molecule has 0 aromatic heterocycles. The van der Waals surface area contributed by atoms with E-state index in [0.29, 0.717) is 6.42 Å². The van der Waals surface area contributed by atoms with Crippen LogP contribution in [-0.4, -0.2) is 42.7 Å². The molecule has 0 fully saturated rings. The molecule has 5 heteroatoms. The lowest BCUT2D eigenvalue weighted by Gasteiger charge is -2.17. The van der Waals surface area contributed by atoms with Crippen LogP contribution in [0, 0.1) is 0 Å². The zero-order chi connectivity index (χ0) is 14.8. The first-order valence-corrected chi connectivity index (χ1v) is 8.40. The van der Waals surface area contributed by atoms with Crippen molar-refractivity contribution < 1.29 is 4.79 Å². The topological polar surface area (TPSA) is 32.3 Å². The Hall–Kier alpha value is -0.710. The summed E-state index contributed by atoms with van der Waals surface area (Å²) in [4.78, 5) is 15.0. The summed E-state index contributed by atoms with van der Waals surface area (Å²) in [5, 5.41) is 3.71. The van der Waals surface area contributed by atoms with Crippen molar-refractivity contribution in [2.75, 3.05) is 31.9 Å². The highest BCUT2D eigenvalue weighted by molar-refractivity contribution is 7.99. The Morgan fingerprint density at radius 1 is 1.30 bits per heavy atom. The lowest BCUT2D eigenvalue weighted by Crippen LogP contribution is -2.34. The molecule has 0 spiro atoms. The molecule has 0 atom stereocenters. The number of halogens is 1. The number of rotatable bonds is 9. The van der Waals surface area contributed by atoms with Crippen LogP contribution in [0.15, 0.2) is 29.2 Å². The van der Waals surface area contributed by atoms with E-state index in [4.69, 9.17) is 11.6 Å². The Morgan fingerprint density at radius 3 is 2.65 bits per heavy atom. The van der Waals surface area contributed by atoms with Crippen LogP contribution in [0.25, 0.3) is 0 Å². The molecule has 0 saturated carbocycles. The SMILES string of the molecule is CCN(CC)CCNC(=O)CCSc1ccccc1Cl. The first-order chi connectivity index (χ1) is 9.67. The van der Waals surface area contributed by atoms with Gasteiger partial charge < -0.3 is 10.2 Å². The van der Waals surface area contributed by atoms with E-state index in [1.807, 2.05) is 24.3 Å². The second-order valence-electron chi connectivity index (χ2n) is 4.41. The summed E-state index contributed by atoms with van der Waals surface area (Å²) < 4.78 is 0. The van der Waals surface area contributed by atoms with E-state index in [1.165, 1.54) is 0 Å². The molecule has 0 aliphatic carbocycles. The van der Waals surface area contributed by atoms with Crippen molar-refractivity contribution >= 4 is 29.3 Å². The van der Waals surface area contributed by atoms with E-state index >= 15 is 0 Å². The van der Waals surface area contributed by atoms with Crippen molar-refractivity contribution in [2.24, 2.45) is 0 Å².